The Morgan fingerprint density at radius 2 is 1.51 bits per heavy atom. The Labute approximate surface area is 228 Å². The third-order valence-corrected chi connectivity index (χ3v) is 7.11. The third-order valence-electron chi connectivity index (χ3n) is 6.14. The van der Waals surface area contributed by atoms with Gasteiger partial charge in [-0.2, -0.15) is 0 Å². The smallest absolute Gasteiger partial charge is 0.300 e. The Hall–Kier alpha value is -3.39. The van der Waals surface area contributed by atoms with E-state index in [0.29, 0.717) is 33.3 Å². The summed E-state index contributed by atoms with van der Waals surface area (Å²) in [6.45, 7) is 1.74. The highest BCUT2D eigenvalue weighted by atomic mass is 35.5. The summed E-state index contributed by atoms with van der Waals surface area (Å²) in [4.78, 5) is 28.2. The number of hydrogen-bond donors (Lipinski definition) is 1. The highest BCUT2D eigenvalue weighted by molar-refractivity contribution is 6.52. The number of nitrogens with zero attached hydrogens (tertiary/aromatic N) is 1. The predicted octanol–water partition coefficient (Wildman–Crippen LogP) is 6.61. The molecular weight excluding hydrogens is 541 g/mol. The number of Topliss-reactive ketones (excluding diaryl/α,β-unsaturated/α-hetero) is 1. The van der Waals surface area contributed by atoms with Crippen LogP contribution >= 0.6 is 34.8 Å². The molecule has 1 fully saturated rings. The zero-order chi connectivity index (χ0) is 27.0. The molecule has 3 aromatic carbocycles. The summed E-state index contributed by atoms with van der Waals surface area (Å²) in [5.41, 5.74) is 1.48. The van der Waals surface area contributed by atoms with E-state index in [9.17, 15) is 14.7 Å². The molecule has 0 radical (unpaired) electrons. The van der Waals surface area contributed by atoms with Crippen molar-refractivity contribution in [2.75, 3.05) is 26.2 Å². The van der Waals surface area contributed by atoms with Crippen LogP contribution in [-0.2, 0) is 9.59 Å². The van der Waals surface area contributed by atoms with Crippen molar-refractivity contribution in [3.8, 4) is 17.2 Å². The molecule has 1 amide bonds. The van der Waals surface area contributed by atoms with E-state index in [4.69, 9.17) is 49.0 Å². The van der Waals surface area contributed by atoms with Crippen LogP contribution in [0.2, 0.25) is 15.1 Å². The van der Waals surface area contributed by atoms with Gasteiger partial charge in [0.15, 0.2) is 17.2 Å². The van der Waals surface area contributed by atoms with Gasteiger partial charge >= 0.3 is 0 Å². The monoisotopic (exact) mass is 561 g/mol. The lowest BCUT2D eigenvalue weighted by Gasteiger charge is -2.27. The van der Waals surface area contributed by atoms with E-state index in [-0.39, 0.29) is 26.9 Å². The number of halogens is 3. The molecule has 37 heavy (non-hydrogen) atoms. The van der Waals surface area contributed by atoms with Crippen LogP contribution in [0.1, 0.15) is 22.7 Å². The summed E-state index contributed by atoms with van der Waals surface area (Å²) in [5.74, 6) is -1.13. The van der Waals surface area contributed by atoms with Crippen molar-refractivity contribution in [2.24, 2.45) is 0 Å². The van der Waals surface area contributed by atoms with Gasteiger partial charge in [0.1, 0.15) is 5.76 Å². The van der Waals surface area contributed by atoms with Crippen molar-refractivity contribution >= 4 is 57.9 Å². The van der Waals surface area contributed by atoms with Crippen LogP contribution in [0.25, 0.3) is 5.76 Å². The SMILES string of the molecule is COc1ccc(C2/C(=C(\O)c3cc(Cl)c(OC)c(Cl)c3)C(=O)C(=O)N2c2cccc(Cl)c2C)cc1OC. The third kappa shape index (κ3) is 4.59. The van der Waals surface area contributed by atoms with E-state index in [1.807, 2.05) is 0 Å². The van der Waals surface area contributed by atoms with Gasteiger partial charge in [-0.3, -0.25) is 14.5 Å². The lowest BCUT2D eigenvalue weighted by atomic mass is 9.94. The molecule has 1 saturated heterocycles. The Morgan fingerprint density at radius 3 is 2.11 bits per heavy atom. The van der Waals surface area contributed by atoms with Crippen LogP contribution < -0.4 is 19.1 Å². The zero-order valence-electron chi connectivity index (χ0n) is 20.3. The second kappa shape index (κ2) is 10.5. The molecule has 1 unspecified atom stereocenters. The fraction of sp³-hybridized carbons (Fsp3) is 0.185. The van der Waals surface area contributed by atoms with E-state index >= 15 is 0 Å². The number of benzene rings is 3. The maximum atomic E-state index is 13.5. The first-order valence-electron chi connectivity index (χ1n) is 11.0. The van der Waals surface area contributed by atoms with E-state index in [1.54, 1.807) is 43.3 Å². The van der Waals surface area contributed by atoms with E-state index in [1.165, 1.54) is 38.4 Å². The molecule has 7 nitrogen and oxygen atoms in total. The standard InChI is InChI=1S/C27H22Cl3NO6/c1-13-16(28)6-5-7-19(13)31-23(14-8-9-20(35-2)21(12-14)36-3)22(25(33)27(31)34)24(32)15-10-17(29)26(37-4)18(30)11-15/h5-12,23,32H,1-4H3/b24-22+. The van der Waals surface area contributed by atoms with Gasteiger partial charge in [-0.15, -0.1) is 0 Å². The largest absolute Gasteiger partial charge is 0.507 e. The molecule has 192 valence electrons. The molecule has 0 aromatic heterocycles. The minimum Gasteiger partial charge on any atom is -0.507 e. The summed E-state index contributed by atoms with van der Waals surface area (Å²) in [6, 6.07) is 11.8. The summed E-state index contributed by atoms with van der Waals surface area (Å²) >= 11 is 18.9. The first-order chi connectivity index (χ1) is 17.6. The van der Waals surface area contributed by atoms with Gasteiger partial charge in [0.25, 0.3) is 11.7 Å². The minimum atomic E-state index is -1.03. The number of methoxy groups -OCH3 is 3. The van der Waals surface area contributed by atoms with E-state index in [2.05, 4.69) is 0 Å². The molecule has 0 bridgehead atoms. The van der Waals surface area contributed by atoms with Gasteiger partial charge in [0.2, 0.25) is 0 Å². The second-order valence-electron chi connectivity index (χ2n) is 8.14. The van der Waals surface area contributed by atoms with Crippen molar-refractivity contribution in [1.29, 1.82) is 0 Å². The van der Waals surface area contributed by atoms with Crippen molar-refractivity contribution < 1.29 is 28.9 Å². The summed E-state index contributed by atoms with van der Waals surface area (Å²) in [7, 11) is 4.37. The fourth-order valence-electron chi connectivity index (χ4n) is 4.32. The molecule has 1 aliphatic heterocycles. The molecule has 0 aliphatic carbocycles. The summed E-state index contributed by atoms with van der Waals surface area (Å²) in [5, 5.41) is 12.1. The number of amides is 1. The van der Waals surface area contributed by atoms with E-state index in [0.717, 1.165) is 0 Å². The van der Waals surface area contributed by atoms with Crippen molar-refractivity contribution in [1.82, 2.24) is 0 Å². The fourth-order valence-corrected chi connectivity index (χ4v) is 5.13. The Kier molecular flexibility index (Phi) is 7.59. The molecule has 0 spiro atoms. The highest BCUT2D eigenvalue weighted by Crippen LogP contribution is 2.46. The van der Waals surface area contributed by atoms with Crippen LogP contribution in [0, 0.1) is 6.92 Å². The lowest BCUT2D eigenvalue weighted by Crippen LogP contribution is -2.30. The van der Waals surface area contributed by atoms with Gasteiger partial charge < -0.3 is 19.3 Å². The second-order valence-corrected chi connectivity index (χ2v) is 9.36. The Morgan fingerprint density at radius 1 is 0.865 bits per heavy atom. The Bertz CT molecular complexity index is 1430. The molecule has 10 heteroatoms. The quantitative estimate of drug-likeness (QED) is 0.207. The van der Waals surface area contributed by atoms with Crippen LogP contribution in [0.5, 0.6) is 17.2 Å². The van der Waals surface area contributed by atoms with Gasteiger partial charge in [-0.25, -0.2) is 0 Å². The van der Waals surface area contributed by atoms with Crippen LogP contribution in [0.4, 0.5) is 5.69 Å². The molecule has 1 N–H and O–H groups in total. The van der Waals surface area contributed by atoms with Gasteiger partial charge in [0, 0.05) is 16.3 Å². The normalized spacial score (nSPS) is 16.7. The van der Waals surface area contributed by atoms with Gasteiger partial charge in [-0.05, 0) is 54.4 Å². The first-order valence-corrected chi connectivity index (χ1v) is 12.1. The molecule has 1 atom stereocenters. The number of anilines is 1. The van der Waals surface area contributed by atoms with Crippen molar-refractivity contribution in [3.63, 3.8) is 0 Å². The average molecular weight is 563 g/mol. The number of carbonyl (C=O) groups excluding carboxylic acids is 2. The van der Waals surface area contributed by atoms with Gasteiger partial charge in [-0.1, -0.05) is 46.9 Å². The van der Waals surface area contributed by atoms with Gasteiger partial charge in [0.05, 0.1) is 43.0 Å². The number of aliphatic hydroxyl groups is 1. The highest BCUT2D eigenvalue weighted by Gasteiger charge is 2.47. The zero-order valence-corrected chi connectivity index (χ0v) is 22.5. The van der Waals surface area contributed by atoms with Crippen molar-refractivity contribution in [2.45, 2.75) is 13.0 Å². The molecule has 4 rings (SSSR count). The summed E-state index contributed by atoms with van der Waals surface area (Å²) < 4.78 is 16.0. The molecule has 1 heterocycles. The van der Waals surface area contributed by atoms with E-state index < -0.39 is 23.5 Å². The number of rotatable bonds is 6. The Balaban J connectivity index is 2.02. The number of carbonyl (C=O) groups is 2. The predicted molar refractivity (Wildman–Crippen MR) is 144 cm³/mol. The number of aliphatic hydroxyl groups excluding tert-OH is 1. The average Bonchev–Trinajstić information content (AvgIpc) is 3.14. The number of hydrogen-bond acceptors (Lipinski definition) is 6. The first kappa shape index (κ1) is 26.7. The topological polar surface area (TPSA) is 85.3 Å². The van der Waals surface area contributed by atoms with Crippen molar-refractivity contribution in [3.05, 3.63) is 85.9 Å². The number of ether oxygens (including phenoxy) is 3. The summed E-state index contributed by atoms with van der Waals surface area (Å²) in [6.07, 6.45) is 0. The van der Waals surface area contributed by atoms with Crippen LogP contribution in [0.3, 0.4) is 0 Å². The molecule has 3 aromatic rings. The molecule has 0 saturated carbocycles. The lowest BCUT2D eigenvalue weighted by molar-refractivity contribution is -0.132. The molecular formula is C27H22Cl3NO6. The minimum absolute atomic E-state index is 0.124. The van der Waals surface area contributed by atoms with Crippen LogP contribution in [0.15, 0.2) is 54.1 Å². The number of ketones is 1. The van der Waals surface area contributed by atoms with Crippen LogP contribution in [-0.4, -0.2) is 38.1 Å². The maximum Gasteiger partial charge on any atom is 0.300 e. The molecule has 1 aliphatic rings. The maximum absolute atomic E-state index is 13.5.